The first kappa shape index (κ1) is 14.0. The first-order chi connectivity index (χ1) is 9.20. The molecule has 2 rings (SSSR count). The van der Waals surface area contributed by atoms with E-state index in [1.54, 1.807) is 0 Å². The van der Waals surface area contributed by atoms with E-state index >= 15 is 0 Å². The lowest BCUT2D eigenvalue weighted by Gasteiger charge is -2.18. The standard InChI is InChI=1S/C15H22N2O2/c1-19-15(18)14(16)8-10-17-9-7-13(11-17)12-5-3-2-4-6-12/h2-6,13-14H,7-11,16H2,1H3. The Morgan fingerprint density at radius 1 is 1.47 bits per heavy atom. The van der Waals surface area contributed by atoms with Crippen LogP contribution in [0.3, 0.4) is 0 Å². The number of carbonyl (C=O) groups excluding carboxylic acids is 1. The second-order valence-corrected chi connectivity index (χ2v) is 5.12. The molecule has 0 radical (unpaired) electrons. The molecule has 0 amide bonds. The molecule has 1 aromatic carbocycles. The van der Waals surface area contributed by atoms with Crippen LogP contribution in [-0.4, -0.2) is 43.7 Å². The second kappa shape index (κ2) is 6.68. The molecule has 1 fully saturated rings. The Morgan fingerprint density at radius 2 is 2.21 bits per heavy atom. The van der Waals surface area contributed by atoms with Gasteiger partial charge in [0.2, 0.25) is 0 Å². The van der Waals surface area contributed by atoms with E-state index in [1.165, 1.54) is 19.1 Å². The van der Waals surface area contributed by atoms with E-state index in [2.05, 4.69) is 33.9 Å². The van der Waals surface area contributed by atoms with E-state index < -0.39 is 6.04 Å². The summed E-state index contributed by atoms with van der Waals surface area (Å²) in [4.78, 5) is 13.6. The van der Waals surface area contributed by atoms with Gasteiger partial charge in [0.15, 0.2) is 0 Å². The zero-order valence-corrected chi connectivity index (χ0v) is 11.4. The minimum absolute atomic E-state index is 0.321. The summed E-state index contributed by atoms with van der Waals surface area (Å²) in [7, 11) is 1.38. The SMILES string of the molecule is COC(=O)C(N)CCN1CCC(c2ccccc2)C1. The van der Waals surface area contributed by atoms with Crippen molar-refractivity contribution in [1.82, 2.24) is 4.90 Å². The zero-order chi connectivity index (χ0) is 13.7. The summed E-state index contributed by atoms with van der Waals surface area (Å²) in [6, 6.07) is 10.1. The summed E-state index contributed by atoms with van der Waals surface area (Å²) in [5.41, 5.74) is 7.16. The Morgan fingerprint density at radius 3 is 2.89 bits per heavy atom. The van der Waals surface area contributed by atoms with Crippen molar-refractivity contribution in [3.05, 3.63) is 35.9 Å². The lowest BCUT2D eigenvalue weighted by Crippen LogP contribution is -2.35. The maximum Gasteiger partial charge on any atom is 0.322 e. The van der Waals surface area contributed by atoms with Crippen LogP contribution < -0.4 is 5.73 Å². The van der Waals surface area contributed by atoms with E-state index in [4.69, 9.17) is 5.73 Å². The van der Waals surface area contributed by atoms with Crippen LogP contribution in [0.25, 0.3) is 0 Å². The highest BCUT2D eigenvalue weighted by molar-refractivity contribution is 5.75. The van der Waals surface area contributed by atoms with Crippen molar-refractivity contribution in [2.75, 3.05) is 26.7 Å². The summed E-state index contributed by atoms with van der Waals surface area (Å²) < 4.78 is 4.64. The van der Waals surface area contributed by atoms with Gasteiger partial charge in [-0.3, -0.25) is 4.79 Å². The Labute approximate surface area is 114 Å². The molecule has 0 aliphatic carbocycles. The topological polar surface area (TPSA) is 55.6 Å². The molecule has 0 bridgehead atoms. The molecule has 0 saturated carbocycles. The van der Waals surface area contributed by atoms with Crippen molar-refractivity contribution >= 4 is 5.97 Å². The molecule has 1 aliphatic heterocycles. The Hall–Kier alpha value is -1.39. The van der Waals surface area contributed by atoms with Crippen molar-refractivity contribution in [3.63, 3.8) is 0 Å². The second-order valence-electron chi connectivity index (χ2n) is 5.12. The normalized spacial score (nSPS) is 21.3. The number of nitrogens with zero attached hydrogens (tertiary/aromatic N) is 1. The minimum atomic E-state index is -0.499. The van der Waals surface area contributed by atoms with Gasteiger partial charge >= 0.3 is 5.97 Å². The van der Waals surface area contributed by atoms with E-state index in [1.807, 2.05) is 6.07 Å². The average Bonchev–Trinajstić information content (AvgIpc) is 2.93. The van der Waals surface area contributed by atoms with E-state index in [9.17, 15) is 4.79 Å². The van der Waals surface area contributed by atoms with Crippen LogP contribution in [-0.2, 0) is 9.53 Å². The van der Waals surface area contributed by atoms with Crippen LogP contribution in [0.5, 0.6) is 0 Å². The third-order valence-corrected chi connectivity index (χ3v) is 3.80. The molecule has 1 aliphatic rings. The summed E-state index contributed by atoms with van der Waals surface area (Å²) in [5.74, 6) is 0.286. The molecule has 0 spiro atoms. The number of likely N-dealkylation sites (tertiary alicyclic amines) is 1. The van der Waals surface area contributed by atoms with E-state index in [-0.39, 0.29) is 5.97 Å². The minimum Gasteiger partial charge on any atom is -0.468 e. The molecule has 1 saturated heterocycles. The van der Waals surface area contributed by atoms with Crippen molar-refractivity contribution in [1.29, 1.82) is 0 Å². The van der Waals surface area contributed by atoms with Gasteiger partial charge in [-0.25, -0.2) is 0 Å². The summed E-state index contributed by atoms with van der Waals surface area (Å²) >= 11 is 0. The van der Waals surface area contributed by atoms with Crippen molar-refractivity contribution in [2.24, 2.45) is 5.73 Å². The lowest BCUT2D eigenvalue weighted by molar-refractivity contribution is -0.142. The number of hydrogen-bond donors (Lipinski definition) is 1. The fourth-order valence-corrected chi connectivity index (χ4v) is 2.62. The van der Waals surface area contributed by atoms with Crippen molar-refractivity contribution < 1.29 is 9.53 Å². The average molecular weight is 262 g/mol. The van der Waals surface area contributed by atoms with Crippen molar-refractivity contribution in [2.45, 2.75) is 24.8 Å². The molecule has 104 valence electrons. The molecule has 4 heteroatoms. The Bertz CT molecular complexity index is 408. The van der Waals surface area contributed by atoms with Crippen molar-refractivity contribution in [3.8, 4) is 0 Å². The number of esters is 1. The van der Waals surface area contributed by atoms with Gasteiger partial charge in [0.05, 0.1) is 7.11 Å². The third kappa shape index (κ3) is 3.78. The maximum absolute atomic E-state index is 11.2. The van der Waals surface area contributed by atoms with Gasteiger partial charge in [0.25, 0.3) is 0 Å². The molecule has 0 aromatic heterocycles. The highest BCUT2D eigenvalue weighted by atomic mass is 16.5. The van der Waals surface area contributed by atoms with Gasteiger partial charge in [-0.15, -0.1) is 0 Å². The van der Waals surface area contributed by atoms with Crippen LogP contribution >= 0.6 is 0 Å². The summed E-state index contributed by atoms with van der Waals surface area (Å²) in [6.07, 6.45) is 1.84. The lowest BCUT2D eigenvalue weighted by atomic mass is 9.99. The fraction of sp³-hybridized carbons (Fsp3) is 0.533. The van der Waals surface area contributed by atoms with Crippen LogP contribution in [0.15, 0.2) is 30.3 Å². The maximum atomic E-state index is 11.2. The molecular weight excluding hydrogens is 240 g/mol. The van der Waals surface area contributed by atoms with Crippen LogP contribution in [0.1, 0.15) is 24.3 Å². The molecule has 1 aromatic rings. The molecule has 4 nitrogen and oxygen atoms in total. The highest BCUT2D eigenvalue weighted by Crippen LogP contribution is 2.26. The predicted octanol–water partition coefficient (Wildman–Crippen LogP) is 1.37. The first-order valence-electron chi connectivity index (χ1n) is 6.81. The number of rotatable bonds is 5. The molecular formula is C15H22N2O2. The van der Waals surface area contributed by atoms with Gasteiger partial charge in [-0.1, -0.05) is 30.3 Å². The smallest absolute Gasteiger partial charge is 0.322 e. The Kier molecular flexibility index (Phi) is 4.93. The molecule has 19 heavy (non-hydrogen) atoms. The van der Waals surface area contributed by atoms with Gasteiger partial charge < -0.3 is 15.4 Å². The van der Waals surface area contributed by atoms with Gasteiger partial charge in [-0.05, 0) is 30.9 Å². The van der Waals surface area contributed by atoms with Crippen LogP contribution in [0.4, 0.5) is 0 Å². The predicted molar refractivity (Wildman–Crippen MR) is 74.8 cm³/mol. The van der Waals surface area contributed by atoms with E-state index in [0.717, 1.165) is 19.6 Å². The fourth-order valence-electron chi connectivity index (χ4n) is 2.62. The monoisotopic (exact) mass is 262 g/mol. The van der Waals surface area contributed by atoms with E-state index in [0.29, 0.717) is 12.3 Å². The van der Waals surface area contributed by atoms with Gasteiger partial charge in [0.1, 0.15) is 6.04 Å². The first-order valence-corrected chi connectivity index (χ1v) is 6.81. The van der Waals surface area contributed by atoms with Gasteiger partial charge in [0, 0.05) is 13.1 Å². The summed E-state index contributed by atoms with van der Waals surface area (Å²) in [5, 5.41) is 0. The summed E-state index contributed by atoms with van der Waals surface area (Å²) in [6.45, 7) is 2.99. The van der Waals surface area contributed by atoms with Gasteiger partial charge in [-0.2, -0.15) is 0 Å². The quantitative estimate of drug-likeness (QED) is 0.814. The number of hydrogen-bond acceptors (Lipinski definition) is 4. The number of ether oxygens (including phenoxy) is 1. The molecule has 2 N–H and O–H groups in total. The Balaban J connectivity index is 1.78. The van der Waals surface area contributed by atoms with Crippen LogP contribution in [0.2, 0.25) is 0 Å². The number of methoxy groups -OCH3 is 1. The van der Waals surface area contributed by atoms with Crippen LogP contribution in [0, 0.1) is 0 Å². The highest BCUT2D eigenvalue weighted by Gasteiger charge is 2.24. The third-order valence-electron chi connectivity index (χ3n) is 3.80. The zero-order valence-electron chi connectivity index (χ0n) is 11.4. The largest absolute Gasteiger partial charge is 0.468 e. The number of carbonyl (C=O) groups is 1. The molecule has 2 atom stereocenters. The molecule has 2 unspecified atom stereocenters. The number of benzene rings is 1. The number of nitrogens with two attached hydrogens (primary N) is 1. The molecule has 1 heterocycles.